The number of nitrogens with one attached hydrogen (secondary N) is 1. The predicted molar refractivity (Wildman–Crippen MR) is 63.1 cm³/mol. The second-order valence-electron chi connectivity index (χ2n) is 3.15. The highest BCUT2D eigenvalue weighted by atomic mass is 79.9. The standard InChI is InChI=1S/C11H12BrNO2/c1-3-11(15)9-6-8(12)4-5-10(9)13-7(2)14/h4-6H,3H2,1-2H3,(H,13,14). The molecule has 0 saturated heterocycles. The first-order valence-electron chi connectivity index (χ1n) is 4.65. The highest BCUT2D eigenvalue weighted by molar-refractivity contribution is 9.10. The van der Waals surface area contributed by atoms with Crippen LogP contribution in [0, 0.1) is 0 Å². The van der Waals surface area contributed by atoms with E-state index in [4.69, 9.17) is 0 Å². The lowest BCUT2D eigenvalue weighted by atomic mass is 10.1. The van der Waals surface area contributed by atoms with Crippen molar-refractivity contribution in [3.05, 3.63) is 28.2 Å². The maximum atomic E-state index is 11.6. The third kappa shape index (κ3) is 3.16. The maximum absolute atomic E-state index is 11.6. The van der Waals surface area contributed by atoms with E-state index in [1.165, 1.54) is 6.92 Å². The van der Waals surface area contributed by atoms with Gasteiger partial charge in [0, 0.05) is 23.4 Å². The topological polar surface area (TPSA) is 46.2 Å². The summed E-state index contributed by atoms with van der Waals surface area (Å²) >= 11 is 3.30. The smallest absolute Gasteiger partial charge is 0.221 e. The van der Waals surface area contributed by atoms with Crippen molar-refractivity contribution in [2.24, 2.45) is 0 Å². The molecule has 15 heavy (non-hydrogen) atoms. The summed E-state index contributed by atoms with van der Waals surface area (Å²) < 4.78 is 0.827. The van der Waals surface area contributed by atoms with Crippen LogP contribution < -0.4 is 5.32 Å². The van der Waals surface area contributed by atoms with Gasteiger partial charge in [0.15, 0.2) is 5.78 Å². The van der Waals surface area contributed by atoms with E-state index < -0.39 is 0 Å². The number of Topliss-reactive ketones (excluding diaryl/α,β-unsaturated/α-hetero) is 1. The fourth-order valence-corrected chi connectivity index (χ4v) is 1.60. The zero-order chi connectivity index (χ0) is 11.4. The third-order valence-electron chi connectivity index (χ3n) is 1.91. The molecule has 1 rings (SSSR count). The zero-order valence-electron chi connectivity index (χ0n) is 8.63. The number of ketones is 1. The summed E-state index contributed by atoms with van der Waals surface area (Å²) in [5.41, 5.74) is 1.11. The summed E-state index contributed by atoms with van der Waals surface area (Å²) in [5.74, 6) is -0.164. The van der Waals surface area contributed by atoms with Gasteiger partial charge in [-0.3, -0.25) is 9.59 Å². The minimum absolute atomic E-state index is 0.0139. The van der Waals surface area contributed by atoms with Crippen LogP contribution in [0.4, 0.5) is 5.69 Å². The molecule has 1 aromatic rings. The molecule has 1 N–H and O–H groups in total. The molecule has 0 saturated carbocycles. The molecule has 0 unspecified atom stereocenters. The number of carbonyl (C=O) groups excluding carboxylic acids is 2. The Hall–Kier alpha value is -1.16. The Kier molecular flexibility index (Phi) is 4.03. The molecule has 0 atom stereocenters. The quantitative estimate of drug-likeness (QED) is 0.858. The molecule has 1 aromatic carbocycles. The number of rotatable bonds is 3. The van der Waals surface area contributed by atoms with Crippen molar-refractivity contribution in [1.29, 1.82) is 0 Å². The van der Waals surface area contributed by atoms with Gasteiger partial charge in [-0.25, -0.2) is 0 Å². The zero-order valence-corrected chi connectivity index (χ0v) is 10.2. The molecule has 4 heteroatoms. The summed E-state index contributed by atoms with van der Waals surface area (Å²) in [6.07, 6.45) is 0.420. The van der Waals surface area contributed by atoms with Crippen LogP contribution in [0.3, 0.4) is 0 Å². The van der Waals surface area contributed by atoms with E-state index in [1.54, 1.807) is 25.1 Å². The van der Waals surface area contributed by atoms with Crippen molar-refractivity contribution in [3.8, 4) is 0 Å². The second-order valence-corrected chi connectivity index (χ2v) is 4.06. The van der Waals surface area contributed by atoms with Gasteiger partial charge in [-0.05, 0) is 18.2 Å². The Balaban J connectivity index is 3.14. The molecular weight excluding hydrogens is 258 g/mol. The molecule has 0 aliphatic heterocycles. The monoisotopic (exact) mass is 269 g/mol. The molecule has 0 fully saturated rings. The summed E-state index contributed by atoms with van der Waals surface area (Å²) in [5, 5.41) is 2.64. The van der Waals surface area contributed by atoms with Crippen LogP contribution >= 0.6 is 15.9 Å². The van der Waals surface area contributed by atoms with Gasteiger partial charge in [0.1, 0.15) is 0 Å². The van der Waals surface area contributed by atoms with Crippen LogP contribution in [0.25, 0.3) is 0 Å². The minimum atomic E-state index is -0.178. The molecule has 80 valence electrons. The van der Waals surface area contributed by atoms with Crippen molar-refractivity contribution >= 4 is 33.3 Å². The molecule has 0 aliphatic rings. The highest BCUT2D eigenvalue weighted by Crippen LogP contribution is 2.22. The van der Waals surface area contributed by atoms with Gasteiger partial charge in [-0.15, -0.1) is 0 Å². The van der Waals surface area contributed by atoms with Gasteiger partial charge >= 0.3 is 0 Å². The number of amides is 1. The van der Waals surface area contributed by atoms with E-state index in [2.05, 4.69) is 21.2 Å². The molecule has 3 nitrogen and oxygen atoms in total. The molecule has 1 amide bonds. The van der Waals surface area contributed by atoms with Crippen molar-refractivity contribution in [2.45, 2.75) is 20.3 Å². The van der Waals surface area contributed by atoms with Crippen LogP contribution in [-0.4, -0.2) is 11.7 Å². The predicted octanol–water partition coefficient (Wildman–Crippen LogP) is 3.00. The van der Waals surface area contributed by atoms with E-state index in [9.17, 15) is 9.59 Å². The van der Waals surface area contributed by atoms with Crippen LogP contribution in [0.5, 0.6) is 0 Å². The van der Waals surface area contributed by atoms with Crippen LogP contribution in [0.2, 0.25) is 0 Å². The van der Waals surface area contributed by atoms with Gasteiger partial charge in [0.05, 0.1) is 5.69 Å². The number of benzene rings is 1. The fraction of sp³-hybridized carbons (Fsp3) is 0.273. The lowest BCUT2D eigenvalue weighted by molar-refractivity contribution is -0.114. The molecular formula is C11H12BrNO2. The SMILES string of the molecule is CCC(=O)c1cc(Br)ccc1NC(C)=O. The Morgan fingerprint density at radius 3 is 2.60 bits per heavy atom. The largest absolute Gasteiger partial charge is 0.326 e. The van der Waals surface area contributed by atoms with E-state index >= 15 is 0 Å². The van der Waals surface area contributed by atoms with Gasteiger partial charge < -0.3 is 5.32 Å². The molecule has 0 aliphatic carbocycles. The van der Waals surface area contributed by atoms with Gasteiger partial charge in [0.2, 0.25) is 5.91 Å². The molecule has 0 heterocycles. The number of hydrogen-bond acceptors (Lipinski definition) is 2. The number of hydrogen-bond donors (Lipinski definition) is 1. The minimum Gasteiger partial charge on any atom is -0.326 e. The van der Waals surface area contributed by atoms with E-state index in [0.717, 1.165) is 4.47 Å². The molecule has 0 aromatic heterocycles. The normalized spacial score (nSPS) is 9.80. The number of halogens is 1. The van der Waals surface area contributed by atoms with Crippen molar-refractivity contribution in [1.82, 2.24) is 0 Å². The average molecular weight is 270 g/mol. The van der Waals surface area contributed by atoms with Gasteiger partial charge in [-0.2, -0.15) is 0 Å². The Bertz CT molecular complexity index is 402. The molecule has 0 bridgehead atoms. The number of carbonyl (C=O) groups is 2. The van der Waals surface area contributed by atoms with Gasteiger partial charge in [0.25, 0.3) is 0 Å². The van der Waals surface area contributed by atoms with Crippen LogP contribution in [0.15, 0.2) is 22.7 Å². The fourth-order valence-electron chi connectivity index (χ4n) is 1.24. The highest BCUT2D eigenvalue weighted by Gasteiger charge is 2.10. The Morgan fingerprint density at radius 1 is 1.40 bits per heavy atom. The summed E-state index contributed by atoms with van der Waals surface area (Å²) in [6, 6.07) is 5.23. The molecule has 0 spiro atoms. The van der Waals surface area contributed by atoms with E-state index in [1.807, 2.05) is 0 Å². The van der Waals surface area contributed by atoms with Crippen molar-refractivity contribution in [3.63, 3.8) is 0 Å². The Labute approximate surface area is 97.0 Å². The first kappa shape index (κ1) is 11.9. The lowest BCUT2D eigenvalue weighted by Gasteiger charge is -2.08. The third-order valence-corrected chi connectivity index (χ3v) is 2.41. The van der Waals surface area contributed by atoms with Crippen molar-refractivity contribution < 1.29 is 9.59 Å². The van der Waals surface area contributed by atoms with Crippen LogP contribution in [0.1, 0.15) is 30.6 Å². The lowest BCUT2D eigenvalue weighted by Crippen LogP contribution is -2.10. The summed E-state index contributed by atoms with van der Waals surface area (Å²) in [6.45, 7) is 3.21. The maximum Gasteiger partial charge on any atom is 0.221 e. The van der Waals surface area contributed by atoms with Crippen LogP contribution in [-0.2, 0) is 4.79 Å². The summed E-state index contributed by atoms with van der Waals surface area (Å²) in [7, 11) is 0. The first-order valence-corrected chi connectivity index (χ1v) is 5.44. The summed E-state index contributed by atoms with van der Waals surface area (Å²) in [4.78, 5) is 22.5. The van der Waals surface area contributed by atoms with Crippen molar-refractivity contribution in [2.75, 3.05) is 5.32 Å². The number of anilines is 1. The first-order chi connectivity index (χ1) is 7.04. The van der Waals surface area contributed by atoms with E-state index in [-0.39, 0.29) is 11.7 Å². The molecule has 0 radical (unpaired) electrons. The van der Waals surface area contributed by atoms with E-state index in [0.29, 0.717) is 17.7 Å². The Morgan fingerprint density at radius 2 is 2.07 bits per heavy atom. The second kappa shape index (κ2) is 5.07. The van der Waals surface area contributed by atoms with Gasteiger partial charge in [-0.1, -0.05) is 22.9 Å². The average Bonchev–Trinajstić information content (AvgIpc) is 2.19.